The van der Waals surface area contributed by atoms with E-state index in [2.05, 4.69) is 9.72 Å². The summed E-state index contributed by atoms with van der Waals surface area (Å²) in [5.41, 5.74) is 0.212. The Kier molecular flexibility index (Phi) is 5.07. The topological polar surface area (TPSA) is 83.0 Å². The Balaban J connectivity index is 2.17. The highest BCUT2D eigenvalue weighted by molar-refractivity contribution is 6.32. The largest absolute Gasteiger partial charge is 0.465 e. The molecule has 1 fully saturated rings. The van der Waals surface area contributed by atoms with Crippen molar-refractivity contribution >= 4 is 29.5 Å². The van der Waals surface area contributed by atoms with Crippen LogP contribution in [0.4, 0.5) is 10.6 Å². The molecule has 1 amide bonds. The SMILES string of the molecule is CC[C@@H]1CN(c2ccc(C(=O)OC)c(Cl)n2)CCN1C(=O)O. The molecule has 1 N–H and O–H groups in total. The molecule has 8 heteroatoms. The maximum absolute atomic E-state index is 11.5. The molecule has 0 aliphatic carbocycles. The number of aromatic nitrogens is 1. The predicted molar refractivity (Wildman–Crippen MR) is 81.6 cm³/mol. The van der Waals surface area contributed by atoms with Crippen molar-refractivity contribution in [3.63, 3.8) is 0 Å². The zero-order valence-corrected chi connectivity index (χ0v) is 13.2. The molecule has 1 aromatic rings. The number of piperazine rings is 1. The number of hydrogen-bond donors (Lipinski definition) is 1. The average molecular weight is 328 g/mol. The zero-order chi connectivity index (χ0) is 16.3. The molecule has 22 heavy (non-hydrogen) atoms. The summed E-state index contributed by atoms with van der Waals surface area (Å²) in [7, 11) is 1.28. The number of carboxylic acid groups (broad SMARTS) is 1. The van der Waals surface area contributed by atoms with Crippen molar-refractivity contribution in [3.05, 3.63) is 22.8 Å². The van der Waals surface area contributed by atoms with E-state index in [4.69, 9.17) is 11.6 Å². The number of amides is 1. The number of hydrogen-bond acceptors (Lipinski definition) is 5. The van der Waals surface area contributed by atoms with E-state index in [9.17, 15) is 14.7 Å². The summed E-state index contributed by atoms with van der Waals surface area (Å²) in [6.07, 6.45) is -0.185. The van der Waals surface area contributed by atoms with Crippen molar-refractivity contribution in [2.24, 2.45) is 0 Å². The third-order valence-electron chi connectivity index (χ3n) is 3.76. The van der Waals surface area contributed by atoms with Crippen molar-refractivity contribution < 1.29 is 19.4 Å². The molecule has 120 valence electrons. The van der Waals surface area contributed by atoms with Crippen LogP contribution in [0.2, 0.25) is 5.15 Å². The molecule has 0 radical (unpaired) electrons. The first kappa shape index (κ1) is 16.4. The van der Waals surface area contributed by atoms with Crippen LogP contribution in [-0.4, -0.2) is 59.8 Å². The lowest BCUT2D eigenvalue weighted by Crippen LogP contribution is -2.55. The van der Waals surface area contributed by atoms with E-state index in [1.807, 2.05) is 11.8 Å². The van der Waals surface area contributed by atoms with Gasteiger partial charge in [-0.3, -0.25) is 0 Å². The number of pyridine rings is 1. The van der Waals surface area contributed by atoms with Crippen LogP contribution in [0, 0.1) is 0 Å². The number of rotatable bonds is 3. The van der Waals surface area contributed by atoms with Gasteiger partial charge in [-0.05, 0) is 18.6 Å². The Bertz CT molecular complexity index is 581. The highest BCUT2D eigenvalue weighted by Gasteiger charge is 2.30. The van der Waals surface area contributed by atoms with E-state index < -0.39 is 12.1 Å². The normalized spacial score (nSPS) is 18.2. The Morgan fingerprint density at radius 3 is 2.73 bits per heavy atom. The first-order valence-corrected chi connectivity index (χ1v) is 7.35. The Morgan fingerprint density at radius 2 is 2.18 bits per heavy atom. The van der Waals surface area contributed by atoms with Crippen LogP contribution in [0.3, 0.4) is 0 Å². The van der Waals surface area contributed by atoms with E-state index >= 15 is 0 Å². The van der Waals surface area contributed by atoms with Gasteiger partial charge in [-0.15, -0.1) is 0 Å². The van der Waals surface area contributed by atoms with Crippen LogP contribution in [0.1, 0.15) is 23.7 Å². The summed E-state index contributed by atoms with van der Waals surface area (Å²) < 4.78 is 4.63. The smallest absolute Gasteiger partial charge is 0.407 e. The maximum atomic E-state index is 11.5. The van der Waals surface area contributed by atoms with Gasteiger partial charge in [-0.25, -0.2) is 14.6 Å². The highest BCUT2D eigenvalue weighted by Crippen LogP contribution is 2.23. The van der Waals surface area contributed by atoms with Crippen LogP contribution < -0.4 is 4.90 Å². The van der Waals surface area contributed by atoms with Crippen LogP contribution in [0.25, 0.3) is 0 Å². The predicted octanol–water partition coefficient (Wildman–Crippen LogP) is 2.10. The minimum Gasteiger partial charge on any atom is -0.465 e. The summed E-state index contributed by atoms with van der Waals surface area (Å²) in [6.45, 7) is 3.43. The first-order valence-electron chi connectivity index (χ1n) is 6.97. The summed E-state index contributed by atoms with van der Waals surface area (Å²) in [5.74, 6) is 0.0901. The van der Waals surface area contributed by atoms with Gasteiger partial charge in [-0.2, -0.15) is 0 Å². The molecular weight excluding hydrogens is 310 g/mol. The minimum absolute atomic E-state index is 0.0815. The van der Waals surface area contributed by atoms with Crippen LogP contribution in [0.5, 0.6) is 0 Å². The van der Waals surface area contributed by atoms with Crippen LogP contribution in [0.15, 0.2) is 12.1 Å². The summed E-state index contributed by atoms with van der Waals surface area (Å²) >= 11 is 6.03. The van der Waals surface area contributed by atoms with Crippen molar-refractivity contribution in [2.45, 2.75) is 19.4 Å². The molecule has 1 atom stereocenters. The molecule has 7 nitrogen and oxygen atoms in total. The Morgan fingerprint density at radius 1 is 1.45 bits per heavy atom. The minimum atomic E-state index is -0.904. The maximum Gasteiger partial charge on any atom is 0.407 e. The van der Waals surface area contributed by atoms with Crippen LogP contribution in [-0.2, 0) is 4.74 Å². The molecule has 2 heterocycles. The third kappa shape index (κ3) is 3.24. The van der Waals surface area contributed by atoms with Gasteiger partial charge in [0.25, 0.3) is 0 Å². The molecule has 1 saturated heterocycles. The number of anilines is 1. The summed E-state index contributed by atoms with van der Waals surface area (Å²) in [6, 6.07) is 3.18. The molecule has 0 unspecified atom stereocenters. The average Bonchev–Trinajstić information content (AvgIpc) is 2.53. The summed E-state index contributed by atoms with van der Waals surface area (Å²) in [5, 5.41) is 9.27. The Labute approximate surface area is 133 Å². The number of carbonyl (C=O) groups excluding carboxylic acids is 1. The fourth-order valence-electron chi connectivity index (χ4n) is 2.53. The molecule has 1 aliphatic rings. The van der Waals surface area contributed by atoms with Crippen molar-refractivity contribution in [3.8, 4) is 0 Å². The highest BCUT2D eigenvalue weighted by atomic mass is 35.5. The lowest BCUT2D eigenvalue weighted by Gasteiger charge is -2.40. The third-order valence-corrected chi connectivity index (χ3v) is 4.05. The van der Waals surface area contributed by atoms with E-state index in [-0.39, 0.29) is 16.8 Å². The van der Waals surface area contributed by atoms with E-state index in [0.29, 0.717) is 25.5 Å². The fraction of sp³-hybridized carbons (Fsp3) is 0.500. The van der Waals surface area contributed by atoms with Gasteiger partial charge in [0.1, 0.15) is 11.0 Å². The van der Waals surface area contributed by atoms with Gasteiger partial charge < -0.3 is 19.6 Å². The number of esters is 1. The monoisotopic (exact) mass is 327 g/mol. The molecule has 0 spiro atoms. The molecule has 0 bridgehead atoms. The standard InChI is InChI=1S/C14H18ClN3O4/c1-3-9-8-17(6-7-18(9)14(20)21)11-5-4-10(12(15)16-11)13(19)22-2/h4-5,9H,3,6-8H2,1-2H3,(H,20,21)/t9-/m1/s1. The van der Waals surface area contributed by atoms with Crippen molar-refractivity contribution in [2.75, 3.05) is 31.6 Å². The molecule has 0 aromatic carbocycles. The number of ether oxygens (including phenoxy) is 1. The zero-order valence-electron chi connectivity index (χ0n) is 12.5. The van der Waals surface area contributed by atoms with E-state index in [1.165, 1.54) is 12.0 Å². The van der Waals surface area contributed by atoms with Gasteiger partial charge >= 0.3 is 12.1 Å². The van der Waals surface area contributed by atoms with Gasteiger partial charge in [0.05, 0.1) is 18.7 Å². The molecule has 0 saturated carbocycles. The number of carbonyl (C=O) groups is 2. The number of nitrogens with zero attached hydrogens (tertiary/aromatic N) is 3. The van der Waals surface area contributed by atoms with Crippen LogP contribution >= 0.6 is 11.6 Å². The molecular formula is C14H18ClN3O4. The quantitative estimate of drug-likeness (QED) is 0.676. The molecule has 2 rings (SSSR count). The van der Waals surface area contributed by atoms with Gasteiger partial charge in [0.15, 0.2) is 0 Å². The second kappa shape index (κ2) is 6.83. The second-order valence-electron chi connectivity index (χ2n) is 4.98. The summed E-state index contributed by atoms with van der Waals surface area (Å²) in [4.78, 5) is 30.3. The first-order chi connectivity index (χ1) is 10.5. The molecule has 1 aliphatic heterocycles. The van der Waals surface area contributed by atoms with Gasteiger partial charge in [-0.1, -0.05) is 18.5 Å². The lowest BCUT2D eigenvalue weighted by atomic mass is 10.1. The number of methoxy groups -OCH3 is 1. The van der Waals surface area contributed by atoms with Gasteiger partial charge in [0.2, 0.25) is 0 Å². The lowest BCUT2D eigenvalue weighted by molar-refractivity contribution is 0.0600. The van der Waals surface area contributed by atoms with Gasteiger partial charge in [0, 0.05) is 19.6 Å². The number of halogens is 1. The second-order valence-corrected chi connectivity index (χ2v) is 5.34. The van der Waals surface area contributed by atoms with Crippen molar-refractivity contribution in [1.29, 1.82) is 0 Å². The molecule has 1 aromatic heterocycles. The van der Waals surface area contributed by atoms with E-state index in [1.54, 1.807) is 12.1 Å². The van der Waals surface area contributed by atoms with E-state index in [0.717, 1.165) is 6.42 Å². The Hall–Kier alpha value is -2.02. The fourth-order valence-corrected chi connectivity index (χ4v) is 2.75. The van der Waals surface area contributed by atoms with Crippen molar-refractivity contribution in [1.82, 2.24) is 9.88 Å².